The van der Waals surface area contributed by atoms with Gasteiger partial charge >= 0.3 is 6.61 Å². The van der Waals surface area contributed by atoms with Gasteiger partial charge in [-0.25, -0.2) is 9.97 Å². The van der Waals surface area contributed by atoms with Crippen LogP contribution < -0.4 is 15.0 Å². The summed E-state index contributed by atoms with van der Waals surface area (Å²) in [6.45, 7) is 1.58. The lowest BCUT2D eigenvalue weighted by atomic mass is 10.2. The molecule has 2 aromatic rings. The quantitative estimate of drug-likeness (QED) is 0.833. The number of ether oxygens (including phenoxy) is 1. The van der Waals surface area contributed by atoms with Crippen molar-refractivity contribution in [2.24, 2.45) is 0 Å². The summed E-state index contributed by atoms with van der Waals surface area (Å²) in [5.74, 6) is 0.344. The zero-order valence-corrected chi connectivity index (χ0v) is 14.9. The number of carbonyl (C=O) groups is 1. The predicted molar refractivity (Wildman–Crippen MR) is 97.0 cm³/mol. The van der Waals surface area contributed by atoms with Crippen molar-refractivity contribution in [2.45, 2.75) is 19.6 Å². The van der Waals surface area contributed by atoms with Crippen molar-refractivity contribution in [1.82, 2.24) is 14.9 Å². The van der Waals surface area contributed by atoms with Gasteiger partial charge in [-0.3, -0.25) is 9.69 Å². The van der Waals surface area contributed by atoms with E-state index in [0.717, 1.165) is 0 Å². The van der Waals surface area contributed by atoms with Gasteiger partial charge in [0, 0.05) is 38.6 Å². The summed E-state index contributed by atoms with van der Waals surface area (Å²) in [6.07, 6.45) is 3.40. The van der Waals surface area contributed by atoms with E-state index in [2.05, 4.69) is 24.9 Å². The summed E-state index contributed by atoms with van der Waals surface area (Å²) in [4.78, 5) is 25.1. The fraction of sp³-hybridized carbons (Fsp3) is 0.389. The maximum atomic E-state index is 12.6. The van der Waals surface area contributed by atoms with Crippen LogP contribution in [0.1, 0.15) is 6.92 Å². The molecule has 0 bridgehead atoms. The van der Waals surface area contributed by atoms with Crippen LogP contribution in [0, 0.1) is 0 Å². The number of rotatable bonds is 6. The highest BCUT2D eigenvalue weighted by molar-refractivity contribution is 5.95. The Morgan fingerprint density at radius 1 is 1.11 bits per heavy atom. The Morgan fingerprint density at radius 3 is 2.44 bits per heavy atom. The van der Waals surface area contributed by atoms with E-state index < -0.39 is 12.7 Å². The van der Waals surface area contributed by atoms with Gasteiger partial charge in [-0.1, -0.05) is 12.1 Å². The smallest absolute Gasteiger partial charge is 0.387 e. The second kappa shape index (κ2) is 8.72. The minimum atomic E-state index is -2.95. The average molecular weight is 377 g/mol. The highest BCUT2D eigenvalue weighted by atomic mass is 19.3. The average Bonchev–Trinajstić information content (AvgIpc) is 2.69. The van der Waals surface area contributed by atoms with Gasteiger partial charge in [0.15, 0.2) is 0 Å². The predicted octanol–water partition coefficient (Wildman–Crippen LogP) is 2.23. The molecule has 1 amide bonds. The highest BCUT2D eigenvalue weighted by Crippen LogP contribution is 2.26. The first-order valence-corrected chi connectivity index (χ1v) is 8.65. The van der Waals surface area contributed by atoms with Gasteiger partial charge in [0.1, 0.15) is 5.75 Å². The normalized spacial score (nSPS) is 16.2. The summed E-state index contributed by atoms with van der Waals surface area (Å²) in [5, 5.41) is 2.68. The van der Waals surface area contributed by atoms with Crippen molar-refractivity contribution >= 4 is 17.5 Å². The number of halogens is 2. The molecule has 1 aromatic carbocycles. The van der Waals surface area contributed by atoms with Crippen LogP contribution in [0.3, 0.4) is 0 Å². The number of hydrogen-bond acceptors (Lipinski definition) is 6. The van der Waals surface area contributed by atoms with Crippen molar-refractivity contribution in [1.29, 1.82) is 0 Å². The van der Waals surface area contributed by atoms with Crippen LogP contribution in [0.25, 0.3) is 0 Å². The van der Waals surface area contributed by atoms with E-state index in [1.54, 1.807) is 37.5 Å². The fourth-order valence-electron chi connectivity index (χ4n) is 2.94. The molecule has 144 valence electrons. The summed E-state index contributed by atoms with van der Waals surface area (Å²) in [7, 11) is 0. The minimum Gasteiger partial charge on any atom is -0.433 e. The number of carbonyl (C=O) groups excluding carboxylic acids is 1. The van der Waals surface area contributed by atoms with Crippen LogP contribution in [0.2, 0.25) is 0 Å². The molecule has 1 N–H and O–H groups in total. The van der Waals surface area contributed by atoms with Crippen molar-refractivity contribution in [3.63, 3.8) is 0 Å². The van der Waals surface area contributed by atoms with Crippen LogP contribution in [0.5, 0.6) is 5.75 Å². The van der Waals surface area contributed by atoms with Crippen molar-refractivity contribution in [3.05, 3.63) is 42.7 Å². The van der Waals surface area contributed by atoms with Crippen LogP contribution >= 0.6 is 0 Å². The largest absolute Gasteiger partial charge is 0.433 e. The van der Waals surface area contributed by atoms with Crippen LogP contribution in [0.4, 0.5) is 20.4 Å². The molecule has 1 aliphatic rings. The third-order valence-electron chi connectivity index (χ3n) is 4.44. The molecule has 1 saturated heterocycles. The van der Waals surface area contributed by atoms with E-state index in [4.69, 9.17) is 0 Å². The molecule has 1 aliphatic heterocycles. The molecule has 0 radical (unpaired) electrons. The molecule has 0 unspecified atom stereocenters. The van der Waals surface area contributed by atoms with E-state index in [1.807, 2.05) is 4.90 Å². The first kappa shape index (κ1) is 19.0. The maximum Gasteiger partial charge on any atom is 0.387 e. The fourth-order valence-corrected chi connectivity index (χ4v) is 2.94. The number of para-hydroxylation sites is 2. The number of nitrogens with zero attached hydrogens (tertiary/aromatic N) is 4. The Morgan fingerprint density at radius 2 is 1.78 bits per heavy atom. The SMILES string of the molecule is C[C@@H](C(=O)Nc1ccccc1OC(F)F)N1CCN(c2ncccn2)CC1. The van der Waals surface area contributed by atoms with E-state index in [-0.39, 0.29) is 17.3 Å². The topological polar surface area (TPSA) is 70.6 Å². The van der Waals surface area contributed by atoms with Crippen LogP contribution in [-0.2, 0) is 4.79 Å². The monoisotopic (exact) mass is 377 g/mol. The molecule has 3 rings (SSSR count). The zero-order valence-electron chi connectivity index (χ0n) is 14.9. The van der Waals surface area contributed by atoms with E-state index in [0.29, 0.717) is 32.1 Å². The van der Waals surface area contributed by atoms with Gasteiger partial charge in [-0.15, -0.1) is 0 Å². The molecule has 27 heavy (non-hydrogen) atoms. The van der Waals surface area contributed by atoms with E-state index >= 15 is 0 Å². The third-order valence-corrected chi connectivity index (χ3v) is 4.44. The van der Waals surface area contributed by atoms with Crippen LogP contribution in [0.15, 0.2) is 42.7 Å². The number of piperazine rings is 1. The van der Waals surface area contributed by atoms with Gasteiger partial charge in [-0.2, -0.15) is 8.78 Å². The number of alkyl halides is 2. The van der Waals surface area contributed by atoms with E-state index in [1.165, 1.54) is 12.1 Å². The van der Waals surface area contributed by atoms with Gasteiger partial charge < -0.3 is 15.0 Å². The number of benzene rings is 1. The Bertz CT molecular complexity index is 754. The second-order valence-corrected chi connectivity index (χ2v) is 6.11. The van der Waals surface area contributed by atoms with Crippen molar-refractivity contribution < 1.29 is 18.3 Å². The number of anilines is 2. The lowest BCUT2D eigenvalue weighted by Crippen LogP contribution is -2.53. The standard InChI is InChI=1S/C18H21F2N5O2/c1-13(16(26)23-14-5-2-3-6-15(14)27-17(19)20)24-9-11-25(12-10-24)18-21-7-4-8-22-18/h2-8,13,17H,9-12H2,1H3,(H,23,26)/t13-/m0/s1. The first-order chi connectivity index (χ1) is 13.0. The number of aromatic nitrogens is 2. The molecule has 1 fully saturated rings. The lowest BCUT2D eigenvalue weighted by Gasteiger charge is -2.37. The Labute approximate surface area is 156 Å². The first-order valence-electron chi connectivity index (χ1n) is 8.65. The summed E-state index contributed by atoms with van der Waals surface area (Å²) in [6, 6.07) is 7.50. The minimum absolute atomic E-state index is 0.0564. The summed E-state index contributed by atoms with van der Waals surface area (Å²) in [5.41, 5.74) is 0.228. The highest BCUT2D eigenvalue weighted by Gasteiger charge is 2.27. The maximum absolute atomic E-state index is 12.6. The van der Waals surface area contributed by atoms with E-state index in [9.17, 15) is 13.6 Å². The molecule has 7 nitrogen and oxygen atoms in total. The molecule has 2 heterocycles. The third kappa shape index (κ3) is 4.88. The molecular formula is C18H21F2N5O2. The Kier molecular flexibility index (Phi) is 6.12. The summed E-state index contributed by atoms with van der Waals surface area (Å²) < 4.78 is 29.5. The van der Waals surface area contributed by atoms with Gasteiger partial charge in [-0.05, 0) is 25.1 Å². The Balaban J connectivity index is 1.57. The van der Waals surface area contributed by atoms with Gasteiger partial charge in [0.25, 0.3) is 0 Å². The van der Waals surface area contributed by atoms with Crippen molar-refractivity contribution in [3.8, 4) is 5.75 Å². The molecule has 0 aliphatic carbocycles. The summed E-state index contributed by atoms with van der Waals surface area (Å²) >= 11 is 0. The molecule has 1 aromatic heterocycles. The molecule has 0 spiro atoms. The zero-order chi connectivity index (χ0) is 19.2. The second-order valence-electron chi connectivity index (χ2n) is 6.11. The lowest BCUT2D eigenvalue weighted by molar-refractivity contribution is -0.120. The number of nitrogens with one attached hydrogen (secondary N) is 1. The molecule has 9 heteroatoms. The van der Waals surface area contributed by atoms with Gasteiger partial charge in [0.2, 0.25) is 11.9 Å². The van der Waals surface area contributed by atoms with Crippen LogP contribution in [-0.4, -0.2) is 59.6 Å². The van der Waals surface area contributed by atoms with Crippen molar-refractivity contribution in [2.75, 3.05) is 36.4 Å². The molecule has 1 atom stereocenters. The van der Waals surface area contributed by atoms with Gasteiger partial charge in [0.05, 0.1) is 11.7 Å². The number of hydrogen-bond donors (Lipinski definition) is 1. The number of amides is 1. The molecular weight excluding hydrogens is 356 g/mol. The molecule has 0 saturated carbocycles. The Hall–Kier alpha value is -2.81.